The van der Waals surface area contributed by atoms with Gasteiger partial charge in [0.25, 0.3) is 0 Å². The Balaban J connectivity index is 1.94. The van der Waals surface area contributed by atoms with Crippen molar-refractivity contribution < 1.29 is 8.78 Å². The first-order chi connectivity index (χ1) is 8.22. The van der Waals surface area contributed by atoms with Gasteiger partial charge in [-0.25, -0.2) is 8.78 Å². The zero-order chi connectivity index (χ0) is 11.8. The maximum Gasteiger partial charge on any atom is 0.126 e. The summed E-state index contributed by atoms with van der Waals surface area (Å²) in [6, 6.07) is 3.72. The molecule has 1 aromatic rings. The zero-order valence-corrected chi connectivity index (χ0v) is 9.86. The molecule has 0 saturated carbocycles. The van der Waals surface area contributed by atoms with Crippen LogP contribution in [0.25, 0.3) is 0 Å². The first-order valence-electron chi connectivity index (χ1n) is 5.49. The molecule has 1 N–H and O–H groups in total. The summed E-state index contributed by atoms with van der Waals surface area (Å²) >= 11 is 1.64. The Labute approximate surface area is 103 Å². The van der Waals surface area contributed by atoms with E-state index in [9.17, 15) is 8.78 Å². The quantitative estimate of drug-likeness (QED) is 0.819. The Morgan fingerprint density at radius 1 is 1.18 bits per heavy atom. The van der Waals surface area contributed by atoms with E-state index in [1.807, 2.05) is 6.20 Å². The maximum atomic E-state index is 13.2. The third kappa shape index (κ3) is 2.09. The van der Waals surface area contributed by atoms with E-state index >= 15 is 0 Å². The lowest BCUT2D eigenvalue weighted by Gasteiger charge is -2.12. The standard InChI is InChI=1S/C13H11F2NS/c14-10-3-9(4-11(15)6-10)12-5-8-1-2-16-7-13(8)17-12/h3-7,12,16H,1-2H2. The number of rotatable bonds is 1. The van der Waals surface area contributed by atoms with Crippen LogP contribution >= 0.6 is 11.8 Å². The summed E-state index contributed by atoms with van der Waals surface area (Å²) < 4.78 is 26.3. The third-order valence-electron chi connectivity index (χ3n) is 2.91. The lowest BCUT2D eigenvalue weighted by molar-refractivity contribution is 0.580. The van der Waals surface area contributed by atoms with Gasteiger partial charge in [-0.15, -0.1) is 11.8 Å². The van der Waals surface area contributed by atoms with E-state index < -0.39 is 11.6 Å². The Morgan fingerprint density at radius 3 is 2.65 bits per heavy atom. The first-order valence-corrected chi connectivity index (χ1v) is 6.37. The van der Waals surface area contributed by atoms with Gasteiger partial charge in [0.05, 0.1) is 5.25 Å². The second-order valence-electron chi connectivity index (χ2n) is 4.15. The van der Waals surface area contributed by atoms with Gasteiger partial charge in [0.1, 0.15) is 11.6 Å². The molecule has 0 spiro atoms. The van der Waals surface area contributed by atoms with Crippen LogP contribution in [0.1, 0.15) is 17.2 Å². The van der Waals surface area contributed by atoms with Crippen molar-refractivity contribution in [2.24, 2.45) is 0 Å². The minimum absolute atomic E-state index is 0.0290. The van der Waals surface area contributed by atoms with E-state index in [1.54, 1.807) is 11.8 Å². The molecule has 0 amide bonds. The SMILES string of the molecule is Fc1cc(F)cc(C2C=C3CCNC=C3S2)c1. The predicted molar refractivity (Wildman–Crippen MR) is 65.5 cm³/mol. The van der Waals surface area contributed by atoms with Gasteiger partial charge in [0.15, 0.2) is 0 Å². The van der Waals surface area contributed by atoms with Crippen molar-refractivity contribution >= 4 is 11.8 Å². The molecule has 0 aliphatic carbocycles. The van der Waals surface area contributed by atoms with Crippen LogP contribution in [0.3, 0.4) is 0 Å². The number of benzene rings is 1. The molecule has 3 rings (SSSR count). The van der Waals surface area contributed by atoms with Crippen molar-refractivity contribution in [3.05, 3.63) is 58.2 Å². The van der Waals surface area contributed by atoms with Crippen LogP contribution in [0.5, 0.6) is 0 Å². The molecule has 1 aromatic carbocycles. The first kappa shape index (κ1) is 10.8. The van der Waals surface area contributed by atoms with Gasteiger partial charge < -0.3 is 5.32 Å². The van der Waals surface area contributed by atoms with Crippen molar-refractivity contribution in [3.8, 4) is 0 Å². The zero-order valence-electron chi connectivity index (χ0n) is 9.04. The number of hydrogen-bond acceptors (Lipinski definition) is 2. The number of halogens is 2. The average molecular weight is 251 g/mol. The lowest BCUT2D eigenvalue weighted by atomic mass is 10.1. The van der Waals surface area contributed by atoms with Gasteiger partial charge in [-0.3, -0.25) is 0 Å². The lowest BCUT2D eigenvalue weighted by Crippen LogP contribution is -2.13. The molecular weight excluding hydrogens is 240 g/mol. The van der Waals surface area contributed by atoms with Crippen LogP contribution in [-0.2, 0) is 0 Å². The molecule has 2 aliphatic heterocycles. The van der Waals surface area contributed by atoms with Gasteiger partial charge in [-0.05, 0) is 29.7 Å². The molecule has 1 atom stereocenters. The molecule has 17 heavy (non-hydrogen) atoms. The largest absolute Gasteiger partial charge is 0.390 e. The third-order valence-corrected chi connectivity index (χ3v) is 4.20. The minimum Gasteiger partial charge on any atom is -0.390 e. The van der Waals surface area contributed by atoms with Crippen LogP contribution in [0.2, 0.25) is 0 Å². The highest BCUT2D eigenvalue weighted by Crippen LogP contribution is 2.47. The highest BCUT2D eigenvalue weighted by molar-refractivity contribution is 8.04. The molecule has 2 heterocycles. The Kier molecular flexibility index (Phi) is 2.67. The van der Waals surface area contributed by atoms with E-state index in [4.69, 9.17) is 0 Å². The summed E-state index contributed by atoms with van der Waals surface area (Å²) in [4.78, 5) is 1.19. The molecule has 2 aliphatic rings. The number of fused-ring (bicyclic) bond motifs is 1. The van der Waals surface area contributed by atoms with Crippen LogP contribution in [0.15, 0.2) is 41.0 Å². The Hall–Kier alpha value is -1.29. The summed E-state index contributed by atoms with van der Waals surface area (Å²) in [5.74, 6) is -1.03. The Bertz CT molecular complexity index is 502. The normalized spacial score (nSPS) is 22.6. The van der Waals surface area contributed by atoms with E-state index in [2.05, 4.69) is 11.4 Å². The number of hydrogen-bond donors (Lipinski definition) is 1. The molecule has 0 bridgehead atoms. The van der Waals surface area contributed by atoms with E-state index in [0.29, 0.717) is 5.56 Å². The minimum atomic E-state index is -0.513. The molecular formula is C13H11F2NS. The smallest absolute Gasteiger partial charge is 0.126 e. The van der Waals surface area contributed by atoms with Crippen LogP contribution in [-0.4, -0.2) is 6.54 Å². The van der Waals surface area contributed by atoms with Crippen LogP contribution in [0.4, 0.5) is 8.78 Å². The average Bonchev–Trinajstić information content (AvgIpc) is 2.71. The number of thioether (sulfide) groups is 1. The molecule has 0 radical (unpaired) electrons. The second-order valence-corrected chi connectivity index (χ2v) is 5.33. The van der Waals surface area contributed by atoms with Crippen LogP contribution < -0.4 is 5.32 Å². The fourth-order valence-corrected chi connectivity index (χ4v) is 3.37. The predicted octanol–water partition coefficient (Wildman–Crippen LogP) is 3.51. The van der Waals surface area contributed by atoms with Crippen molar-refractivity contribution in [3.63, 3.8) is 0 Å². The van der Waals surface area contributed by atoms with Crippen molar-refractivity contribution in [1.82, 2.24) is 5.32 Å². The molecule has 0 aromatic heterocycles. The van der Waals surface area contributed by atoms with Crippen molar-refractivity contribution in [2.45, 2.75) is 11.7 Å². The fraction of sp³-hybridized carbons (Fsp3) is 0.231. The summed E-state index contributed by atoms with van der Waals surface area (Å²) in [5, 5.41) is 3.21. The highest BCUT2D eigenvalue weighted by atomic mass is 32.2. The van der Waals surface area contributed by atoms with Gasteiger partial charge in [-0.2, -0.15) is 0 Å². The van der Waals surface area contributed by atoms with Crippen molar-refractivity contribution in [1.29, 1.82) is 0 Å². The summed E-state index contributed by atoms with van der Waals surface area (Å²) in [5.41, 5.74) is 1.97. The summed E-state index contributed by atoms with van der Waals surface area (Å²) in [7, 11) is 0. The van der Waals surface area contributed by atoms with Crippen LogP contribution in [0, 0.1) is 11.6 Å². The molecule has 0 fully saturated rings. The van der Waals surface area contributed by atoms with Gasteiger partial charge >= 0.3 is 0 Å². The maximum absolute atomic E-state index is 13.2. The molecule has 0 saturated heterocycles. The van der Waals surface area contributed by atoms with E-state index in [-0.39, 0.29) is 5.25 Å². The molecule has 1 nitrogen and oxygen atoms in total. The molecule has 1 unspecified atom stereocenters. The van der Waals surface area contributed by atoms with Gasteiger partial charge in [0, 0.05) is 23.7 Å². The number of nitrogens with one attached hydrogen (secondary N) is 1. The summed E-state index contributed by atoms with van der Waals surface area (Å²) in [6.45, 7) is 0.931. The second kappa shape index (κ2) is 4.18. The molecule has 4 heteroatoms. The van der Waals surface area contributed by atoms with E-state index in [0.717, 1.165) is 19.0 Å². The van der Waals surface area contributed by atoms with E-state index in [1.165, 1.54) is 22.6 Å². The monoisotopic (exact) mass is 251 g/mol. The fourth-order valence-electron chi connectivity index (χ4n) is 2.12. The van der Waals surface area contributed by atoms with Gasteiger partial charge in [-0.1, -0.05) is 6.08 Å². The van der Waals surface area contributed by atoms with Gasteiger partial charge in [0.2, 0.25) is 0 Å². The topological polar surface area (TPSA) is 12.0 Å². The Morgan fingerprint density at radius 2 is 1.94 bits per heavy atom. The number of allylic oxidation sites excluding steroid dienone is 1. The molecule has 88 valence electrons. The highest BCUT2D eigenvalue weighted by Gasteiger charge is 2.25. The van der Waals surface area contributed by atoms with Crippen molar-refractivity contribution in [2.75, 3.05) is 6.54 Å². The summed E-state index contributed by atoms with van der Waals surface area (Å²) in [6.07, 6.45) is 5.06.